The van der Waals surface area contributed by atoms with Gasteiger partial charge >= 0.3 is 0 Å². The molecule has 2 nitrogen and oxygen atoms in total. The number of nitrogens with two attached hydrogens (primary N) is 1. The lowest BCUT2D eigenvalue weighted by Gasteiger charge is -2.10. The Bertz CT molecular complexity index is 153. The molecule has 0 bridgehead atoms. The summed E-state index contributed by atoms with van der Waals surface area (Å²) in [6.45, 7) is 0. The summed E-state index contributed by atoms with van der Waals surface area (Å²) in [5, 5.41) is 0. The third-order valence-corrected chi connectivity index (χ3v) is 2.14. The van der Waals surface area contributed by atoms with Gasteiger partial charge in [0.15, 0.2) is 0 Å². The smallest absolute Gasteiger partial charge is 0.217 e. The SMILES string of the molecule is NC(=O)CC1CCC=CCC1. The van der Waals surface area contributed by atoms with E-state index in [1.807, 2.05) is 0 Å². The molecule has 2 N–H and O–H groups in total. The van der Waals surface area contributed by atoms with Crippen LogP contribution in [0.15, 0.2) is 12.2 Å². The molecule has 1 aliphatic carbocycles. The van der Waals surface area contributed by atoms with E-state index in [1.54, 1.807) is 0 Å². The third kappa shape index (κ3) is 3.21. The first-order valence-electron chi connectivity index (χ1n) is 4.22. The Hall–Kier alpha value is -0.790. The lowest BCUT2D eigenvalue weighted by atomic mass is 9.96. The number of amides is 1. The van der Waals surface area contributed by atoms with E-state index in [2.05, 4.69) is 12.2 Å². The summed E-state index contributed by atoms with van der Waals surface area (Å²) in [6, 6.07) is 0. The summed E-state index contributed by atoms with van der Waals surface area (Å²) < 4.78 is 0. The molecule has 0 unspecified atom stereocenters. The zero-order chi connectivity index (χ0) is 8.10. The van der Waals surface area contributed by atoms with Gasteiger partial charge in [-0.1, -0.05) is 12.2 Å². The van der Waals surface area contributed by atoms with Crippen LogP contribution in [-0.2, 0) is 4.79 Å². The fraction of sp³-hybridized carbons (Fsp3) is 0.667. The van der Waals surface area contributed by atoms with Gasteiger partial charge in [-0.3, -0.25) is 4.79 Å². The fourth-order valence-corrected chi connectivity index (χ4v) is 1.53. The summed E-state index contributed by atoms with van der Waals surface area (Å²) in [7, 11) is 0. The number of rotatable bonds is 2. The quantitative estimate of drug-likeness (QED) is 0.602. The molecule has 0 spiro atoms. The normalized spacial score (nSPS) is 19.6. The lowest BCUT2D eigenvalue weighted by molar-refractivity contribution is -0.119. The van der Waals surface area contributed by atoms with Gasteiger partial charge in [-0.15, -0.1) is 0 Å². The van der Waals surface area contributed by atoms with Crippen LogP contribution in [0.2, 0.25) is 0 Å². The molecule has 0 heterocycles. The molecule has 0 aromatic rings. The van der Waals surface area contributed by atoms with Gasteiger partial charge in [0.05, 0.1) is 0 Å². The number of carbonyl (C=O) groups excluding carboxylic acids is 1. The van der Waals surface area contributed by atoms with Crippen LogP contribution in [0.25, 0.3) is 0 Å². The lowest BCUT2D eigenvalue weighted by Crippen LogP contribution is -2.15. The summed E-state index contributed by atoms with van der Waals surface area (Å²) >= 11 is 0. The van der Waals surface area contributed by atoms with E-state index < -0.39 is 0 Å². The Morgan fingerprint density at radius 3 is 2.36 bits per heavy atom. The minimum atomic E-state index is -0.156. The van der Waals surface area contributed by atoms with Gasteiger partial charge in [0.2, 0.25) is 5.91 Å². The summed E-state index contributed by atoms with van der Waals surface area (Å²) in [6.07, 6.45) is 9.43. The molecule has 62 valence electrons. The average molecular weight is 153 g/mol. The van der Waals surface area contributed by atoms with Gasteiger partial charge in [-0.25, -0.2) is 0 Å². The Balaban J connectivity index is 2.29. The fourth-order valence-electron chi connectivity index (χ4n) is 1.53. The van der Waals surface area contributed by atoms with E-state index in [-0.39, 0.29) is 5.91 Å². The molecule has 11 heavy (non-hydrogen) atoms. The standard InChI is InChI=1S/C9H15NO/c10-9(11)7-8-5-3-1-2-4-6-8/h1-2,8H,3-7H2,(H2,10,11). The number of carbonyl (C=O) groups is 1. The first-order chi connectivity index (χ1) is 5.29. The highest BCUT2D eigenvalue weighted by atomic mass is 16.1. The van der Waals surface area contributed by atoms with Gasteiger partial charge in [-0.2, -0.15) is 0 Å². The summed E-state index contributed by atoms with van der Waals surface area (Å²) in [5.74, 6) is 0.374. The molecule has 0 saturated carbocycles. The second-order valence-corrected chi connectivity index (χ2v) is 3.16. The minimum Gasteiger partial charge on any atom is -0.370 e. The molecule has 0 atom stereocenters. The maximum Gasteiger partial charge on any atom is 0.217 e. The maximum atomic E-state index is 10.6. The van der Waals surface area contributed by atoms with E-state index in [0.717, 1.165) is 25.7 Å². The van der Waals surface area contributed by atoms with Crippen molar-refractivity contribution < 1.29 is 4.79 Å². The first kappa shape index (κ1) is 8.31. The van der Waals surface area contributed by atoms with Crippen LogP contribution in [0.4, 0.5) is 0 Å². The van der Waals surface area contributed by atoms with Crippen LogP contribution in [0.5, 0.6) is 0 Å². The minimum absolute atomic E-state index is 0.156. The Morgan fingerprint density at radius 1 is 1.36 bits per heavy atom. The molecule has 0 aliphatic heterocycles. The highest BCUT2D eigenvalue weighted by Crippen LogP contribution is 2.20. The second kappa shape index (κ2) is 4.16. The molecule has 1 aliphatic rings. The molecule has 1 amide bonds. The van der Waals surface area contributed by atoms with E-state index in [9.17, 15) is 4.79 Å². The third-order valence-electron chi connectivity index (χ3n) is 2.14. The van der Waals surface area contributed by atoms with Gasteiger partial charge in [-0.05, 0) is 31.6 Å². The van der Waals surface area contributed by atoms with Crippen LogP contribution < -0.4 is 5.73 Å². The molecule has 1 rings (SSSR count). The van der Waals surface area contributed by atoms with Crippen LogP contribution in [-0.4, -0.2) is 5.91 Å². The van der Waals surface area contributed by atoms with Crippen LogP contribution in [0, 0.1) is 5.92 Å². The van der Waals surface area contributed by atoms with Crippen molar-refractivity contribution in [3.8, 4) is 0 Å². The Labute approximate surface area is 67.5 Å². The van der Waals surface area contributed by atoms with Crippen LogP contribution in [0.3, 0.4) is 0 Å². The Morgan fingerprint density at radius 2 is 1.91 bits per heavy atom. The van der Waals surface area contributed by atoms with Crippen molar-refractivity contribution in [1.82, 2.24) is 0 Å². The molecule has 0 radical (unpaired) electrons. The van der Waals surface area contributed by atoms with Crippen LogP contribution >= 0.6 is 0 Å². The van der Waals surface area contributed by atoms with Crippen LogP contribution in [0.1, 0.15) is 32.1 Å². The van der Waals surface area contributed by atoms with Crippen molar-refractivity contribution in [2.75, 3.05) is 0 Å². The number of hydrogen-bond acceptors (Lipinski definition) is 1. The van der Waals surface area contributed by atoms with Gasteiger partial charge in [0, 0.05) is 6.42 Å². The van der Waals surface area contributed by atoms with Gasteiger partial charge in [0.1, 0.15) is 0 Å². The van der Waals surface area contributed by atoms with Crippen molar-refractivity contribution in [2.45, 2.75) is 32.1 Å². The molecule has 0 fully saturated rings. The number of allylic oxidation sites excluding steroid dienone is 2. The highest BCUT2D eigenvalue weighted by molar-refractivity contribution is 5.73. The molecule has 2 heteroatoms. The topological polar surface area (TPSA) is 43.1 Å². The predicted molar refractivity (Wildman–Crippen MR) is 44.9 cm³/mol. The summed E-state index contributed by atoms with van der Waals surface area (Å²) in [4.78, 5) is 10.6. The average Bonchev–Trinajstić information content (AvgIpc) is 2.14. The summed E-state index contributed by atoms with van der Waals surface area (Å²) in [5.41, 5.74) is 5.11. The van der Waals surface area contributed by atoms with Crippen molar-refractivity contribution >= 4 is 5.91 Å². The van der Waals surface area contributed by atoms with E-state index >= 15 is 0 Å². The maximum absolute atomic E-state index is 10.6. The monoisotopic (exact) mass is 153 g/mol. The number of hydrogen-bond donors (Lipinski definition) is 1. The zero-order valence-corrected chi connectivity index (χ0v) is 6.75. The van der Waals surface area contributed by atoms with Gasteiger partial charge < -0.3 is 5.73 Å². The molecule has 0 aromatic heterocycles. The molecular weight excluding hydrogens is 138 g/mol. The van der Waals surface area contributed by atoms with Crippen molar-refractivity contribution in [2.24, 2.45) is 11.7 Å². The van der Waals surface area contributed by atoms with E-state index in [0.29, 0.717) is 12.3 Å². The molecule has 0 aromatic carbocycles. The van der Waals surface area contributed by atoms with Crippen molar-refractivity contribution in [3.05, 3.63) is 12.2 Å². The second-order valence-electron chi connectivity index (χ2n) is 3.16. The molecule has 0 saturated heterocycles. The highest BCUT2D eigenvalue weighted by Gasteiger charge is 2.11. The Kier molecular flexibility index (Phi) is 3.14. The predicted octanol–water partition coefficient (Wildman–Crippen LogP) is 1.61. The van der Waals surface area contributed by atoms with Crippen molar-refractivity contribution in [3.63, 3.8) is 0 Å². The molecular formula is C9H15NO. The van der Waals surface area contributed by atoms with Crippen molar-refractivity contribution in [1.29, 1.82) is 0 Å². The first-order valence-corrected chi connectivity index (χ1v) is 4.22. The largest absolute Gasteiger partial charge is 0.370 e. The van der Waals surface area contributed by atoms with Gasteiger partial charge in [0.25, 0.3) is 0 Å². The zero-order valence-electron chi connectivity index (χ0n) is 6.75. The van der Waals surface area contributed by atoms with E-state index in [4.69, 9.17) is 5.73 Å². The van der Waals surface area contributed by atoms with E-state index in [1.165, 1.54) is 0 Å². The number of primary amides is 1.